The number of carbonyl (C=O) groups is 1. The van der Waals surface area contributed by atoms with E-state index in [1.807, 2.05) is 24.3 Å². The normalized spacial score (nSPS) is 10.9. The molecule has 10 heteroatoms. The number of methoxy groups -OCH3 is 1. The Morgan fingerprint density at radius 3 is 2.59 bits per heavy atom. The van der Waals surface area contributed by atoms with E-state index in [1.165, 1.54) is 7.11 Å². The molecule has 0 amide bonds. The maximum Gasteiger partial charge on any atom is 0.337 e. The zero-order valence-corrected chi connectivity index (χ0v) is 16.8. The minimum Gasteiger partial charge on any atom is -0.465 e. The van der Waals surface area contributed by atoms with E-state index in [0.717, 1.165) is 11.1 Å². The molecule has 0 radical (unpaired) electrons. The Bertz CT molecular complexity index is 1440. The number of rotatable bonds is 5. The Kier molecular flexibility index (Phi) is 4.71. The van der Waals surface area contributed by atoms with Gasteiger partial charge in [-0.05, 0) is 28.5 Å². The summed E-state index contributed by atoms with van der Waals surface area (Å²) in [6.45, 7) is 0. The van der Waals surface area contributed by atoms with Crippen molar-refractivity contribution < 1.29 is 18.9 Å². The highest BCUT2D eigenvalue weighted by Crippen LogP contribution is 2.37. The summed E-state index contributed by atoms with van der Waals surface area (Å²) in [7, 11) is 1.32. The molecule has 0 saturated carbocycles. The van der Waals surface area contributed by atoms with Crippen LogP contribution in [0.3, 0.4) is 0 Å². The highest BCUT2D eigenvalue weighted by molar-refractivity contribution is 5.96. The Balaban J connectivity index is 1.62. The predicted molar refractivity (Wildman–Crippen MR) is 115 cm³/mol. The van der Waals surface area contributed by atoms with E-state index in [4.69, 9.17) is 24.8 Å². The van der Waals surface area contributed by atoms with Crippen molar-refractivity contribution in [2.75, 3.05) is 12.8 Å². The number of aromatic amines is 1. The number of carbonyl (C=O) groups excluding carboxylic acids is 1. The van der Waals surface area contributed by atoms with Gasteiger partial charge in [-0.25, -0.2) is 19.4 Å². The fourth-order valence-electron chi connectivity index (χ4n) is 3.37. The van der Waals surface area contributed by atoms with Crippen molar-refractivity contribution in [1.29, 1.82) is 0 Å². The molecule has 0 aliphatic heterocycles. The number of nitrogens with zero attached hydrogens (tertiary/aromatic N) is 4. The van der Waals surface area contributed by atoms with Crippen LogP contribution in [0.1, 0.15) is 10.4 Å². The average Bonchev–Trinajstić information content (AvgIpc) is 3.47. The fourth-order valence-corrected chi connectivity index (χ4v) is 3.37. The molecule has 0 fully saturated rings. The summed E-state index contributed by atoms with van der Waals surface area (Å²) in [5.74, 6) is 0.451. The molecule has 0 aliphatic rings. The summed E-state index contributed by atoms with van der Waals surface area (Å²) < 4.78 is 15.5. The predicted octanol–water partition coefficient (Wildman–Crippen LogP) is 3.84. The number of ether oxygens (including phenoxy) is 2. The minimum absolute atomic E-state index is 0.169. The van der Waals surface area contributed by atoms with Crippen molar-refractivity contribution >= 4 is 22.8 Å². The lowest BCUT2D eigenvalue weighted by Crippen LogP contribution is -2.01. The number of nitrogens with one attached hydrogen (secondary N) is 1. The molecule has 0 unspecified atom stereocenters. The first-order chi connectivity index (χ1) is 15.6. The molecule has 0 bridgehead atoms. The van der Waals surface area contributed by atoms with E-state index in [1.54, 1.807) is 36.7 Å². The maximum atomic E-state index is 11.8. The van der Waals surface area contributed by atoms with Crippen LogP contribution in [-0.2, 0) is 4.74 Å². The number of hydrogen-bond acceptors (Lipinski definition) is 9. The third-order valence-electron chi connectivity index (χ3n) is 4.81. The Morgan fingerprint density at radius 2 is 1.84 bits per heavy atom. The molecular formula is C22H16N6O4. The van der Waals surface area contributed by atoms with Gasteiger partial charge in [-0.3, -0.25) is 0 Å². The van der Waals surface area contributed by atoms with Crippen LogP contribution in [0.15, 0.2) is 65.6 Å². The Hall–Kier alpha value is -4.73. The van der Waals surface area contributed by atoms with Crippen LogP contribution >= 0.6 is 0 Å². The lowest BCUT2D eigenvalue weighted by Gasteiger charge is -2.11. The molecule has 0 aliphatic carbocycles. The van der Waals surface area contributed by atoms with Crippen LogP contribution in [0.2, 0.25) is 0 Å². The molecule has 32 heavy (non-hydrogen) atoms. The van der Waals surface area contributed by atoms with Crippen molar-refractivity contribution in [2.24, 2.45) is 0 Å². The summed E-state index contributed by atoms with van der Waals surface area (Å²) in [5, 5.41) is 7.59. The third kappa shape index (κ3) is 3.39. The number of nitrogens with two attached hydrogens (primary N) is 1. The molecule has 5 rings (SSSR count). The van der Waals surface area contributed by atoms with Gasteiger partial charge >= 0.3 is 5.97 Å². The first-order valence-electron chi connectivity index (χ1n) is 9.52. The number of aromatic nitrogens is 5. The summed E-state index contributed by atoms with van der Waals surface area (Å²) in [5.41, 5.74) is 10.0. The fraction of sp³-hybridized carbons (Fsp3) is 0.0455. The number of H-pyrrole nitrogens is 1. The van der Waals surface area contributed by atoms with Gasteiger partial charge in [0.15, 0.2) is 11.5 Å². The van der Waals surface area contributed by atoms with Gasteiger partial charge in [-0.15, -0.1) is 0 Å². The van der Waals surface area contributed by atoms with Gasteiger partial charge in [0.05, 0.1) is 24.5 Å². The molecular weight excluding hydrogens is 412 g/mol. The van der Waals surface area contributed by atoms with Crippen LogP contribution in [0.25, 0.3) is 33.5 Å². The Labute approximate surface area is 181 Å². The molecule has 158 valence electrons. The van der Waals surface area contributed by atoms with E-state index in [9.17, 15) is 4.79 Å². The topological polar surface area (TPSA) is 142 Å². The van der Waals surface area contributed by atoms with E-state index < -0.39 is 5.97 Å². The third-order valence-corrected chi connectivity index (χ3v) is 4.81. The van der Waals surface area contributed by atoms with E-state index >= 15 is 0 Å². The van der Waals surface area contributed by atoms with Crippen molar-refractivity contribution in [2.45, 2.75) is 0 Å². The van der Waals surface area contributed by atoms with Crippen molar-refractivity contribution in [3.63, 3.8) is 0 Å². The summed E-state index contributed by atoms with van der Waals surface area (Å²) in [4.78, 5) is 24.0. The van der Waals surface area contributed by atoms with Crippen LogP contribution in [-0.4, -0.2) is 38.3 Å². The van der Waals surface area contributed by atoms with Gasteiger partial charge in [0.25, 0.3) is 0 Å². The molecule has 0 spiro atoms. The van der Waals surface area contributed by atoms with Gasteiger partial charge < -0.3 is 20.2 Å². The van der Waals surface area contributed by atoms with E-state index in [2.05, 4.69) is 20.3 Å². The number of pyridine rings is 1. The van der Waals surface area contributed by atoms with Crippen LogP contribution in [0, 0.1) is 0 Å². The first-order valence-corrected chi connectivity index (χ1v) is 9.52. The highest BCUT2D eigenvalue weighted by atomic mass is 16.6. The van der Waals surface area contributed by atoms with Crippen LogP contribution in [0.4, 0.5) is 5.82 Å². The quantitative estimate of drug-likeness (QED) is 0.399. The second-order valence-corrected chi connectivity index (χ2v) is 6.77. The van der Waals surface area contributed by atoms with Gasteiger partial charge in [-0.1, -0.05) is 30.3 Å². The number of hydrogen-bond donors (Lipinski definition) is 2. The van der Waals surface area contributed by atoms with Crippen molar-refractivity contribution in [1.82, 2.24) is 25.3 Å². The molecule has 3 heterocycles. The lowest BCUT2D eigenvalue weighted by atomic mass is 10.0. The molecule has 2 aromatic carbocycles. The monoisotopic (exact) mass is 428 g/mol. The van der Waals surface area contributed by atoms with Gasteiger partial charge in [0.2, 0.25) is 5.88 Å². The number of nitrogen functional groups attached to an aromatic ring is 1. The molecule has 10 nitrogen and oxygen atoms in total. The SMILES string of the molecule is COC(=O)c1cccc(Oc2cc3[nH]cnc3c(-c3ccccc3-c3nonc3N)n2)c1. The molecule has 3 N–H and O–H groups in total. The smallest absolute Gasteiger partial charge is 0.337 e. The minimum atomic E-state index is -0.458. The second kappa shape index (κ2) is 7.84. The number of imidazole rings is 1. The number of esters is 1. The van der Waals surface area contributed by atoms with E-state index in [0.29, 0.717) is 39.7 Å². The largest absolute Gasteiger partial charge is 0.465 e. The zero-order chi connectivity index (χ0) is 22.1. The van der Waals surface area contributed by atoms with E-state index in [-0.39, 0.29) is 5.82 Å². The van der Waals surface area contributed by atoms with Crippen molar-refractivity contribution in [3.8, 4) is 34.1 Å². The number of fused-ring (bicyclic) bond motifs is 1. The molecule has 5 aromatic rings. The number of benzene rings is 2. The van der Waals surface area contributed by atoms with Gasteiger partial charge in [0, 0.05) is 17.2 Å². The second-order valence-electron chi connectivity index (χ2n) is 6.77. The van der Waals surface area contributed by atoms with Crippen molar-refractivity contribution in [3.05, 3.63) is 66.5 Å². The summed E-state index contributed by atoms with van der Waals surface area (Å²) >= 11 is 0. The average molecular weight is 428 g/mol. The first kappa shape index (κ1) is 19.2. The molecule has 0 atom stereocenters. The van der Waals surface area contributed by atoms with Gasteiger partial charge in [-0.2, -0.15) is 0 Å². The molecule has 3 aromatic heterocycles. The maximum absolute atomic E-state index is 11.8. The van der Waals surface area contributed by atoms with Crippen LogP contribution < -0.4 is 10.5 Å². The summed E-state index contributed by atoms with van der Waals surface area (Å²) in [6.07, 6.45) is 1.58. The highest BCUT2D eigenvalue weighted by Gasteiger charge is 2.19. The Morgan fingerprint density at radius 1 is 1.03 bits per heavy atom. The summed E-state index contributed by atoms with van der Waals surface area (Å²) in [6, 6.07) is 15.8. The standard InChI is InChI=1S/C22H16N6O4/c1-30-22(29)12-5-4-6-13(9-12)31-17-10-16-20(25-11-24-16)18(26-17)14-7-2-3-8-15(14)19-21(23)28-32-27-19/h2-11H,1H3,(H2,23,28)(H,24,25). The van der Waals surface area contributed by atoms with Gasteiger partial charge in [0.1, 0.15) is 17.0 Å². The molecule has 0 saturated heterocycles. The lowest BCUT2D eigenvalue weighted by molar-refractivity contribution is 0.0600. The number of anilines is 1. The zero-order valence-electron chi connectivity index (χ0n) is 16.8. The van der Waals surface area contributed by atoms with Crippen LogP contribution in [0.5, 0.6) is 11.6 Å².